The molecule has 18 heavy (non-hydrogen) atoms. The molecule has 3 N–H and O–H groups in total. The van der Waals surface area contributed by atoms with Crippen LogP contribution in [0.25, 0.3) is 0 Å². The van der Waals surface area contributed by atoms with Gasteiger partial charge < -0.3 is 20.3 Å². The highest BCUT2D eigenvalue weighted by Crippen LogP contribution is 2.16. The molecule has 98 valence electrons. The Morgan fingerprint density at radius 1 is 1.61 bits per heavy atom. The topological polar surface area (TPSA) is 98.3 Å². The van der Waals surface area contributed by atoms with E-state index in [1.807, 2.05) is 0 Å². The predicted octanol–water partition coefficient (Wildman–Crippen LogP) is 0.416. The van der Waals surface area contributed by atoms with Crippen molar-refractivity contribution in [3.63, 3.8) is 0 Å². The summed E-state index contributed by atoms with van der Waals surface area (Å²) in [5.41, 5.74) is 0.815. The molecular weight excluding hydrogens is 236 g/mol. The summed E-state index contributed by atoms with van der Waals surface area (Å²) in [7, 11) is 0. The highest BCUT2D eigenvalue weighted by Gasteiger charge is 2.27. The van der Waals surface area contributed by atoms with Crippen LogP contribution < -0.4 is 5.32 Å². The summed E-state index contributed by atoms with van der Waals surface area (Å²) in [6.07, 6.45) is 4.55. The van der Waals surface area contributed by atoms with Crippen LogP contribution in [0.15, 0.2) is 12.5 Å². The molecule has 7 heteroatoms. The second-order valence-electron chi connectivity index (χ2n) is 4.36. The van der Waals surface area contributed by atoms with Crippen molar-refractivity contribution in [3.05, 3.63) is 18.2 Å². The predicted molar refractivity (Wildman–Crippen MR) is 62.8 cm³/mol. The summed E-state index contributed by atoms with van der Waals surface area (Å²) in [5.74, 6) is -1.28. The van der Waals surface area contributed by atoms with E-state index < -0.39 is 11.9 Å². The highest BCUT2D eigenvalue weighted by atomic mass is 16.4. The van der Waals surface area contributed by atoms with Gasteiger partial charge in [0.15, 0.2) is 0 Å². The first-order chi connectivity index (χ1) is 8.66. The third kappa shape index (κ3) is 2.99. The van der Waals surface area contributed by atoms with Gasteiger partial charge >= 0.3 is 12.0 Å². The molecule has 2 heterocycles. The second-order valence-corrected chi connectivity index (χ2v) is 4.36. The van der Waals surface area contributed by atoms with E-state index in [1.165, 1.54) is 0 Å². The fourth-order valence-electron chi connectivity index (χ4n) is 2.03. The number of rotatable bonds is 3. The van der Waals surface area contributed by atoms with Crippen LogP contribution in [-0.2, 0) is 11.3 Å². The van der Waals surface area contributed by atoms with Gasteiger partial charge in [-0.15, -0.1) is 0 Å². The van der Waals surface area contributed by atoms with Crippen molar-refractivity contribution in [2.45, 2.75) is 19.4 Å². The number of imidazole rings is 1. The zero-order valence-corrected chi connectivity index (χ0v) is 9.93. The van der Waals surface area contributed by atoms with E-state index in [4.69, 9.17) is 5.11 Å². The number of nitrogens with one attached hydrogen (secondary N) is 2. The van der Waals surface area contributed by atoms with E-state index in [1.54, 1.807) is 17.4 Å². The Balaban J connectivity index is 1.83. The van der Waals surface area contributed by atoms with Gasteiger partial charge in [-0.3, -0.25) is 4.79 Å². The van der Waals surface area contributed by atoms with E-state index in [0.29, 0.717) is 19.5 Å². The lowest BCUT2D eigenvalue weighted by atomic mass is 9.99. The van der Waals surface area contributed by atoms with E-state index in [0.717, 1.165) is 12.1 Å². The van der Waals surface area contributed by atoms with Gasteiger partial charge in [0.1, 0.15) is 0 Å². The number of piperidine rings is 1. The number of aromatic amines is 1. The summed E-state index contributed by atoms with van der Waals surface area (Å²) in [4.78, 5) is 31.0. The lowest BCUT2D eigenvalue weighted by Gasteiger charge is -2.30. The monoisotopic (exact) mass is 252 g/mol. The number of H-pyrrole nitrogens is 1. The molecule has 0 saturated carbocycles. The Morgan fingerprint density at radius 3 is 3.11 bits per heavy atom. The molecule has 1 aliphatic heterocycles. The van der Waals surface area contributed by atoms with Crippen molar-refractivity contribution in [1.82, 2.24) is 20.2 Å². The number of nitrogens with zero attached hydrogens (tertiary/aromatic N) is 2. The molecule has 1 saturated heterocycles. The number of hydrogen-bond donors (Lipinski definition) is 3. The Bertz CT molecular complexity index is 418. The maximum absolute atomic E-state index is 11.8. The largest absolute Gasteiger partial charge is 0.481 e. The number of urea groups is 1. The molecule has 1 fully saturated rings. The van der Waals surface area contributed by atoms with Gasteiger partial charge in [0, 0.05) is 19.3 Å². The number of hydrogen-bond acceptors (Lipinski definition) is 3. The number of carboxylic acid groups (broad SMARTS) is 1. The Kier molecular flexibility index (Phi) is 3.81. The molecule has 0 aromatic carbocycles. The number of carbonyl (C=O) groups is 2. The average Bonchev–Trinajstić information content (AvgIpc) is 2.89. The van der Waals surface area contributed by atoms with Crippen molar-refractivity contribution in [2.75, 3.05) is 13.1 Å². The van der Waals surface area contributed by atoms with Gasteiger partial charge in [0.25, 0.3) is 0 Å². The molecule has 1 atom stereocenters. The molecule has 0 unspecified atom stereocenters. The molecule has 1 aromatic rings. The molecule has 7 nitrogen and oxygen atoms in total. The average molecular weight is 252 g/mol. The van der Waals surface area contributed by atoms with Gasteiger partial charge in [-0.1, -0.05) is 0 Å². The zero-order chi connectivity index (χ0) is 13.0. The smallest absolute Gasteiger partial charge is 0.317 e. The molecule has 0 aliphatic carbocycles. The van der Waals surface area contributed by atoms with Crippen LogP contribution in [0.1, 0.15) is 18.5 Å². The van der Waals surface area contributed by atoms with Crippen molar-refractivity contribution >= 4 is 12.0 Å². The standard InChI is InChI=1S/C11H16N4O3/c16-10(17)8-2-1-3-15(6-8)11(18)13-5-9-4-12-7-14-9/h4,7-8H,1-3,5-6H2,(H,12,14)(H,13,18)(H,16,17)/t8-/m0/s1. The van der Waals surface area contributed by atoms with Crippen molar-refractivity contribution in [2.24, 2.45) is 5.92 Å². The van der Waals surface area contributed by atoms with Crippen LogP contribution >= 0.6 is 0 Å². The number of aromatic nitrogens is 2. The number of likely N-dealkylation sites (tertiary alicyclic amines) is 1. The number of amides is 2. The lowest BCUT2D eigenvalue weighted by molar-refractivity contribution is -0.143. The van der Waals surface area contributed by atoms with E-state index in [-0.39, 0.29) is 12.6 Å². The lowest BCUT2D eigenvalue weighted by Crippen LogP contribution is -2.46. The summed E-state index contributed by atoms with van der Waals surface area (Å²) >= 11 is 0. The first-order valence-corrected chi connectivity index (χ1v) is 5.89. The van der Waals surface area contributed by atoms with Gasteiger partial charge in [0.2, 0.25) is 0 Å². The number of carbonyl (C=O) groups excluding carboxylic acids is 1. The fourth-order valence-corrected chi connectivity index (χ4v) is 2.03. The fraction of sp³-hybridized carbons (Fsp3) is 0.545. The highest BCUT2D eigenvalue weighted by molar-refractivity contribution is 5.76. The Hall–Kier alpha value is -2.05. The first kappa shape index (κ1) is 12.4. The minimum Gasteiger partial charge on any atom is -0.481 e. The minimum absolute atomic E-state index is 0.226. The minimum atomic E-state index is -0.832. The van der Waals surface area contributed by atoms with Crippen LogP contribution in [0.2, 0.25) is 0 Å². The summed E-state index contributed by atoms with van der Waals surface area (Å²) < 4.78 is 0. The second kappa shape index (κ2) is 5.52. The van der Waals surface area contributed by atoms with Crippen molar-refractivity contribution in [1.29, 1.82) is 0 Å². The molecule has 0 spiro atoms. The quantitative estimate of drug-likeness (QED) is 0.725. The normalized spacial score (nSPS) is 19.6. The molecule has 2 amide bonds. The third-order valence-corrected chi connectivity index (χ3v) is 3.04. The van der Waals surface area contributed by atoms with Crippen LogP contribution in [0.4, 0.5) is 4.79 Å². The molecule has 0 radical (unpaired) electrons. The van der Waals surface area contributed by atoms with Crippen LogP contribution in [0.5, 0.6) is 0 Å². The van der Waals surface area contributed by atoms with E-state index >= 15 is 0 Å². The van der Waals surface area contributed by atoms with Crippen LogP contribution in [0.3, 0.4) is 0 Å². The third-order valence-electron chi connectivity index (χ3n) is 3.04. The Morgan fingerprint density at radius 2 is 2.44 bits per heavy atom. The van der Waals surface area contributed by atoms with E-state index in [9.17, 15) is 9.59 Å². The van der Waals surface area contributed by atoms with Gasteiger partial charge in [-0.2, -0.15) is 0 Å². The van der Waals surface area contributed by atoms with Gasteiger partial charge in [-0.05, 0) is 12.8 Å². The molecule has 1 aliphatic rings. The summed E-state index contributed by atoms with van der Waals surface area (Å²) in [6.45, 7) is 1.26. The van der Waals surface area contributed by atoms with Crippen LogP contribution in [-0.4, -0.2) is 45.1 Å². The molecule has 1 aromatic heterocycles. The van der Waals surface area contributed by atoms with Gasteiger partial charge in [0.05, 0.1) is 24.5 Å². The summed E-state index contributed by atoms with van der Waals surface area (Å²) in [5, 5.41) is 11.7. The Labute approximate surface area is 104 Å². The maximum Gasteiger partial charge on any atom is 0.317 e. The molecule has 2 rings (SSSR count). The van der Waals surface area contributed by atoms with Crippen molar-refractivity contribution < 1.29 is 14.7 Å². The SMILES string of the molecule is O=C(O)[C@H]1CCCN(C(=O)NCc2cnc[nH]2)C1. The number of carboxylic acids is 1. The first-order valence-electron chi connectivity index (χ1n) is 5.89. The maximum atomic E-state index is 11.8. The molecular formula is C11H16N4O3. The van der Waals surface area contributed by atoms with Crippen molar-refractivity contribution in [3.8, 4) is 0 Å². The zero-order valence-electron chi connectivity index (χ0n) is 9.93. The van der Waals surface area contributed by atoms with E-state index in [2.05, 4.69) is 15.3 Å². The van der Waals surface area contributed by atoms with Gasteiger partial charge in [-0.25, -0.2) is 9.78 Å². The summed E-state index contributed by atoms with van der Waals surface area (Å²) in [6, 6.07) is -0.226. The van der Waals surface area contributed by atoms with Crippen LogP contribution in [0, 0.1) is 5.92 Å². The molecule has 0 bridgehead atoms. The number of aliphatic carboxylic acids is 1.